The number of unbranched alkanes of at least 4 members (excludes halogenated alkanes) is 1. The van der Waals surface area contributed by atoms with Gasteiger partial charge in [-0.2, -0.15) is 0 Å². The van der Waals surface area contributed by atoms with Crippen LogP contribution in [0.15, 0.2) is 12.2 Å². The third kappa shape index (κ3) is 7.64. The van der Waals surface area contributed by atoms with Crippen molar-refractivity contribution in [3.8, 4) is 0 Å². The molecule has 0 bridgehead atoms. The molecular weight excluding hydrogens is 132 g/mol. The van der Waals surface area contributed by atoms with Gasteiger partial charge in [-0.3, -0.25) is 0 Å². The second-order valence-corrected chi connectivity index (χ2v) is 3.82. The zero-order valence-corrected chi connectivity index (χ0v) is 8.43. The van der Waals surface area contributed by atoms with Crippen LogP contribution in [0, 0.1) is 11.8 Å². The van der Waals surface area contributed by atoms with Crippen molar-refractivity contribution in [2.45, 2.75) is 47.0 Å². The minimum absolute atomic E-state index is 0.765. The lowest BCUT2D eigenvalue weighted by Crippen LogP contribution is -1.95. The van der Waals surface area contributed by atoms with E-state index in [0.717, 1.165) is 11.8 Å². The maximum atomic E-state index is 2.35. The van der Waals surface area contributed by atoms with E-state index < -0.39 is 0 Å². The standard InChI is InChI=1S/C11H22/c1-5-6-7-8-11(4)9-10(2)3/h7-8,10-11H,5-6,9H2,1-4H3. The molecule has 0 heteroatoms. The summed E-state index contributed by atoms with van der Waals surface area (Å²) in [6, 6.07) is 0. The average molecular weight is 154 g/mol. The van der Waals surface area contributed by atoms with Crippen LogP contribution >= 0.6 is 0 Å². The van der Waals surface area contributed by atoms with Crippen LogP contribution in [0.5, 0.6) is 0 Å². The summed E-state index contributed by atoms with van der Waals surface area (Å²) >= 11 is 0. The molecule has 0 nitrogen and oxygen atoms in total. The van der Waals surface area contributed by atoms with Crippen LogP contribution in [0.3, 0.4) is 0 Å². The van der Waals surface area contributed by atoms with Crippen LogP contribution in [0.1, 0.15) is 47.0 Å². The molecule has 0 N–H and O–H groups in total. The lowest BCUT2D eigenvalue weighted by molar-refractivity contribution is 0.502. The molecule has 1 unspecified atom stereocenters. The maximum Gasteiger partial charge on any atom is -0.0260 e. The van der Waals surface area contributed by atoms with E-state index in [0.29, 0.717) is 0 Å². The second-order valence-electron chi connectivity index (χ2n) is 3.82. The van der Waals surface area contributed by atoms with Crippen molar-refractivity contribution in [1.82, 2.24) is 0 Å². The van der Waals surface area contributed by atoms with Gasteiger partial charge < -0.3 is 0 Å². The second kappa shape index (κ2) is 6.45. The highest BCUT2D eigenvalue weighted by molar-refractivity contribution is 4.86. The van der Waals surface area contributed by atoms with Gasteiger partial charge in [-0.15, -0.1) is 0 Å². The van der Waals surface area contributed by atoms with Gasteiger partial charge in [0.1, 0.15) is 0 Å². The first-order chi connectivity index (χ1) is 5.16. The Labute approximate surface area is 71.7 Å². The Morgan fingerprint density at radius 1 is 1.18 bits per heavy atom. The smallest absolute Gasteiger partial charge is 0.0260 e. The van der Waals surface area contributed by atoms with Gasteiger partial charge >= 0.3 is 0 Å². The van der Waals surface area contributed by atoms with Crippen molar-refractivity contribution in [1.29, 1.82) is 0 Å². The highest BCUT2D eigenvalue weighted by Crippen LogP contribution is 2.12. The molecule has 0 aromatic carbocycles. The van der Waals surface area contributed by atoms with Crippen molar-refractivity contribution in [3.63, 3.8) is 0 Å². The number of rotatable bonds is 5. The molecule has 0 saturated carbocycles. The molecular formula is C11H22. The molecule has 0 spiro atoms. The molecule has 11 heavy (non-hydrogen) atoms. The zero-order valence-electron chi connectivity index (χ0n) is 8.43. The van der Waals surface area contributed by atoms with E-state index in [4.69, 9.17) is 0 Å². The van der Waals surface area contributed by atoms with Gasteiger partial charge in [-0.1, -0.05) is 46.3 Å². The van der Waals surface area contributed by atoms with Gasteiger partial charge in [-0.05, 0) is 24.7 Å². The van der Waals surface area contributed by atoms with Gasteiger partial charge in [0, 0.05) is 0 Å². The summed E-state index contributed by atoms with van der Waals surface area (Å²) in [6.07, 6.45) is 8.49. The molecule has 0 aromatic rings. The first-order valence-electron chi connectivity index (χ1n) is 4.83. The molecule has 0 aliphatic heterocycles. The molecule has 66 valence electrons. The summed E-state index contributed by atoms with van der Waals surface area (Å²) in [5, 5.41) is 0. The normalized spacial score (nSPS) is 14.6. The Balaban J connectivity index is 3.42. The minimum atomic E-state index is 0.765. The fourth-order valence-corrected chi connectivity index (χ4v) is 1.32. The Kier molecular flexibility index (Phi) is 6.30. The topological polar surface area (TPSA) is 0 Å². The molecule has 0 aliphatic rings. The summed E-state index contributed by atoms with van der Waals surface area (Å²) in [5.41, 5.74) is 0. The summed E-state index contributed by atoms with van der Waals surface area (Å²) in [4.78, 5) is 0. The van der Waals surface area contributed by atoms with Gasteiger partial charge in [0.25, 0.3) is 0 Å². The van der Waals surface area contributed by atoms with Crippen molar-refractivity contribution in [2.24, 2.45) is 11.8 Å². The van der Waals surface area contributed by atoms with Crippen molar-refractivity contribution in [3.05, 3.63) is 12.2 Å². The van der Waals surface area contributed by atoms with Crippen molar-refractivity contribution >= 4 is 0 Å². The minimum Gasteiger partial charge on any atom is -0.0883 e. The van der Waals surface area contributed by atoms with E-state index in [-0.39, 0.29) is 0 Å². The molecule has 0 rings (SSSR count). The fraction of sp³-hybridized carbons (Fsp3) is 0.818. The average Bonchev–Trinajstić information content (AvgIpc) is 1.86. The monoisotopic (exact) mass is 154 g/mol. The van der Waals surface area contributed by atoms with Crippen LogP contribution < -0.4 is 0 Å². The van der Waals surface area contributed by atoms with Crippen LogP contribution in [0.25, 0.3) is 0 Å². The number of hydrogen-bond acceptors (Lipinski definition) is 0. The van der Waals surface area contributed by atoms with Crippen LogP contribution in [-0.4, -0.2) is 0 Å². The largest absolute Gasteiger partial charge is 0.0883 e. The zero-order chi connectivity index (χ0) is 8.69. The molecule has 0 aliphatic carbocycles. The molecule has 0 amide bonds. The fourth-order valence-electron chi connectivity index (χ4n) is 1.32. The van der Waals surface area contributed by atoms with Crippen LogP contribution in [-0.2, 0) is 0 Å². The first-order valence-corrected chi connectivity index (χ1v) is 4.83. The molecule has 0 heterocycles. The first kappa shape index (κ1) is 10.7. The lowest BCUT2D eigenvalue weighted by Gasteiger charge is -2.08. The summed E-state index contributed by atoms with van der Waals surface area (Å²) in [5.74, 6) is 1.60. The third-order valence-electron chi connectivity index (χ3n) is 1.76. The van der Waals surface area contributed by atoms with E-state index in [1.54, 1.807) is 0 Å². The Bertz CT molecular complexity index is 101. The van der Waals surface area contributed by atoms with Crippen LogP contribution in [0.2, 0.25) is 0 Å². The molecule has 0 saturated heterocycles. The van der Waals surface area contributed by atoms with Crippen molar-refractivity contribution in [2.75, 3.05) is 0 Å². The summed E-state index contributed by atoms with van der Waals surface area (Å²) in [7, 11) is 0. The van der Waals surface area contributed by atoms with Crippen molar-refractivity contribution < 1.29 is 0 Å². The number of hydrogen-bond donors (Lipinski definition) is 0. The molecule has 1 atom stereocenters. The third-order valence-corrected chi connectivity index (χ3v) is 1.76. The summed E-state index contributed by atoms with van der Waals surface area (Å²) in [6.45, 7) is 9.08. The Hall–Kier alpha value is -0.260. The predicted molar refractivity (Wildman–Crippen MR) is 52.7 cm³/mol. The van der Waals surface area contributed by atoms with E-state index in [1.165, 1.54) is 19.3 Å². The Morgan fingerprint density at radius 2 is 1.82 bits per heavy atom. The van der Waals surface area contributed by atoms with E-state index in [2.05, 4.69) is 39.8 Å². The van der Waals surface area contributed by atoms with Gasteiger partial charge in [0.05, 0.1) is 0 Å². The SMILES string of the molecule is CCCC=CC(C)CC(C)C. The van der Waals surface area contributed by atoms with Gasteiger partial charge in [0.2, 0.25) is 0 Å². The molecule has 0 fully saturated rings. The van der Waals surface area contributed by atoms with E-state index in [1.807, 2.05) is 0 Å². The quantitative estimate of drug-likeness (QED) is 0.524. The molecule has 0 aromatic heterocycles. The number of allylic oxidation sites excluding steroid dienone is 2. The molecule has 0 radical (unpaired) electrons. The van der Waals surface area contributed by atoms with Gasteiger partial charge in [0.15, 0.2) is 0 Å². The lowest BCUT2D eigenvalue weighted by atomic mass is 9.98. The highest BCUT2D eigenvalue weighted by Gasteiger charge is 1.99. The highest BCUT2D eigenvalue weighted by atomic mass is 14.0. The Morgan fingerprint density at radius 3 is 2.27 bits per heavy atom. The predicted octanol–water partition coefficient (Wildman–Crippen LogP) is 4.02. The van der Waals surface area contributed by atoms with E-state index >= 15 is 0 Å². The van der Waals surface area contributed by atoms with Gasteiger partial charge in [-0.25, -0.2) is 0 Å². The van der Waals surface area contributed by atoms with E-state index in [9.17, 15) is 0 Å². The summed E-state index contributed by atoms with van der Waals surface area (Å²) < 4.78 is 0. The maximum absolute atomic E-state index is 2.35. The van der Waals surface area contributed by atoms with Crippen LogP contribution in [0.4, 0.5) is 0 Å².